The SMILES string of the molecule is COc1ccc(CCC(=O)Nc2ccc(OCC#N)cc2)cc1OC. The fourth-order valence-electron chi connectivity index (χ4n) is 2.27. The second-order valence-corrected chi connectivity index (χ2v) is 5.21. The van der Waals surface area contributed by atoms with E-state index < -0.39 is 0 Å². The lowest BCUT2D eigenvalue weighted by Crippen LogP contribution is -2.12. The molecule has 0 spiro atoms. The molecule has 2 rings (SSSR count). The number of hydrogen-bond acceptors (Lipinski definition) is 5. The molecule has 0 aliphatic rings. The number of carbonyl (C=O) groups is 1. The first kappa shape index (κ1) is 18.1. The molecule has 1 amide bonds. The topological polar surface area (TPSA) is 80.6 Å². The zero-order valence-corrected chi connectivity index (χ0v) is 14.2. The van der Waals surface area contributed by atoms with Crippen LogP contribution in [0.5, 0.6) is 17.2 Å². The van der Waals surface area contributed by atoms with Gasteiger partial charge in [0.25, 0.3) is 0 Å². The number of amides is 1. The van der Waals surface area contributed by atoms with Crippen molar-refractivity contribution in [3.8, 4) is 23.3 Å². The molecule has 0 atom stereocenters. The van der Waals surface area contributed by atoms with Gasteiger partial charge in [0.05, 0.1) is 14.2 Å². The Labute approximate surface area is 146 Å². The van der Waals surface area contributed by atoms with E-state index in [1.54, 1.807) is 38.5 Å². The van der Waals surface area contributed by atoms with Gasteiger partial charge >= 0.3 is 0 Å². The van der Waals surface area contributed by atoms with E-state index in [0.29, 0.717) is 35.8 Å². The van der Waals surface area contributed by atoms with Crippen molar-refractivity contribution in [2.75, 3.05) is 26.1 Å². The monoisotopic (exact) mass is 340 g/mol. The molecule has 0 saturated carbocycles. The van der Waals surface area contributed by atoms with Crippen LogP contribution in [0.4, 0.5) is 5.69 Å². The predicted molar refractivity (Wildman–Crippen MR) is 94.0 cm³/mol. The molecule has 0 bridgehead atoms. The van der Waals surface area contributed by atoms with Crippen molar-refractivity contribution in [2.24, 2.45) is 0 Å². The Bertz CT molecular complexity index is 751. The van der Waals surface area contributed by atoms with E-state index in [4.69, 9.17) is 19.5 Å². The summed E-state index contributed by atoms with van der Waals surface area (Å²) in [4.78, 5) is 12.1. The molecule has 2 aromatic rings. The molecule has 130 valence electrons. The van der Waals surface area contributed by atoms with Crippen LogP contribution < -0.4 is 19.5 Å². The van der Waals surface area contributed by atoms with E-state index in [2.05, 4.69) is 5.32 Å². The summed E-state index contributed by atoms with van der Waals surface area (Å²) in [6, 6.07) is 14.4. The molecule has 0 heterocycles. The minimum atomic E-state index is -0.0829. The molecule has 0 fully saturated rings. The van der Waals surface area contributed by atoms with Crippen LogP contribution in [0.25, 0.3) is 0 Å². The Balaban J connectivity index is 1.87. The van der Waals surface area contributed by atoms with Crippen molar-refractivity contribution in [1.29, 1.82) is 5.26 Å². The largest absolute Gasteiger partial charge is 0.493 e. The molecule has 6 nitrogen and oxygen atoms in total. The molecule has 2 aromatic carbocycles. The molecule has 6 heteroatoms. The Morgan fingerprint density at radius 3 is 2.44 bits per heavy atom. The fraction of sp³-hybridized carbons (Fsp3) is 0.263. The van der Waals surface area contributed by atoms with Crippen LogP contribution in [0.15, 0.2) is 42.5 Å². The lowest BCUT2D eigenvalue weighted by Gasteiger charge is -2.10. The summed E-state index contributed by atoms with van der Waals surface area (Å²) in [6.45, 7) is -0.00295. The van der Waals surface area contributed by atoms with Crippen LogP contribution in [0.2, 0.25) is 0 Å². The van der Waals surface area contributed by atoms with Crippen LogP contribution >= 0.6 is 0 Å². The van der Waals surface area contributed by atoms with Crippen LogP contribution in [0, 0.1) is 11.3 Å². The maximum absolute atomic E-state index is 12.1. The van der Waals surface area contributed by atoms with E-state index in [0.717, 1.165) is 5.56 Å². The standard InChI is InChI=1S/C19H20N2O4/c1-23-17-9-3-14(13-18(17)24-2)4-10-19(22)21-15-5-7-16(8-6-15)25-12-11-20/h3,5-9,13H,4,10,12H2,1-2H3,(H,21,22). The first-order valence-corrected chi connectivity index (χ1v) is 7.77. The fourth-order valence-corrected chi connectivity index (χ4v) is 2.27. The van der Waals surface area contributed by atoms with Gasteiger partial charge in [-0.05, 0) is 48.4 Å². The van der Waals surface area contributed by atoms with Gasteiger partial charge in [0.15, 0.2) is 18.1 Å². The van der Waals surface area contributed by atoms with Gasteiger partial charge < -0.3 is 19.5 Å². The Morgan fingerprint density at radius 1 is 1.08 bits per heavy atom. The molecule has 0 aliphatic carbocycles. The summed E-state index contributed by atoms with van der Waals surface area (Å²) in [5.41, 5.74) is 1.68. The van der Waals surface area contributed by atoms with Crippen molar-refractivity contribution in [2.45, 2.75) is 12.8 Å². The third kappa shape index (κ3) is 5.43. The maximum Gasteiger partial charge on any atom is 0.224 e. The van der Waals surface area contributed by atoms with Crippen molar-refractivity contribution < 1.29 is 19.0 Å². The first-order chi connectivity index (χ1) is 12.2. The summed E-state index contributed by atoms with van der Waals surface area (Å²) in [5, 5.41) is 11.3. The average molecular weight is 340 g/mol. The zero-order chi connectivity index (χ0) is 18.1. The average Bonchev–Trinajstić information content (AvgIpc) is 2.65. The molecule has 0 aliphatic heterocycles. The van der Waals surface area contributed by atoms with Crippen molar-refractivity contribution in [1.82, 2.24) is 0 Å². The number of carbonyl (C=O) groups excluding carboxylic acids is 1. The van der Waals surface area contributed by atoms with Crippen molar-refractivity contribution in [3.05, 3.63) is 48.0 Å². The summed E-state index contributed by atoms with van der Waals surface area (Å²) < 4.78 is 15.6. The minimum Gasteiger partial charge on any atom is -0.493 e. The van der Waals surface area contributed by atoms with Crippen LogP contribution in [-0.2, 0) is 11.2 Å². The van der Waals surface area contributed by atoms with Crippen LogP contribution in [-0.4, -0.2) is 26.7 Å². The number of nitrogens with one attached hydrogen (secondary N) is 1. The number of aryl methyl sites for hydroxylation is 1. The number of hydrogen-bond donors (Lipinski definition) is 1. The highest BCUT2D eigenvalue weighted by Gasteiger charge is 2.07. The Morgan fingerprint density at radius 2 is 1.80 bits per heavy atom. The zero-order valence-electron chi connectivity index (χ0n) is 14.2. The number of anilines is 1. The van der Waals surface area contributed by atoms with Gasteiger partial charge in [-0.25, -0.2) is 0 Å². The van der Waals surface area contributed by atoms with Crippen molar-refractivity contribution >= 4 is 11.6 Å². The second kappa shape index (κ2) is 9.18. The van der Waals surface area contributed by atoms with Gasteiger partial charge in [-0.15, -0.1) is 0 Å². The lowest BCUT2D eigenvalue weighted by atomic mass is 10.1. The van der Waals surface area contributed by atoms with E-state index in [1.807, 2.05) is 24.3 Å². The number of methoxy groups -OCH3 is 2. The molecule has 25 heavy (non-hydrogen) atoms. The highest BCUT2D eigenvalue weighted by Crippen LogP contribution is 2.28. The van der Waals surface area contributed by atoms with Crippen molar-refractivity contribution in [3.63, 3.8) is 0 Å². The molecule has 0 saturated heterocycles. The predicted octanol–water partition coefficient (Wildman–Crippen LogP) is 3.18. The van der Waals surface area contributed by atoms with Gasteiger partial charge in [-0.1, -0.05) is 6.07 Å². The lowest BCUT2D eigenvalue weighted by molar-refractivity contribution is -0.116. The Hall–Kier alpha value is -3.20. The minimum absolute atomic E-state index is 0.00295. The van der Waals surface area contributed by atoms with Crippen LogP contribution in [0.3, 0.4) is 0 Å². The molecule has 0 aromatic heterocycles. The van der Waals surface area contributed by atoms with Crippen LogP contribution in [0.1, 0.15) is 12.0 Å². The molecular formula is C19H20N2O4. The highest BCUT2D eigenvalue weighted by atomic mass is 16.5. The van der Waals surface area contributed by atoms with Gasteiger partial charge in [-0.3, -0.25) is 4.79 Å². The highest BCUT2D eigenvalue weighted by molar-refractivity contribution is 5.90. The van der Waals surface area contributed by atoms with Gasteiger partial charge in [-0.2, -0.15) is 5.26 Å². The van der Waals surface area contributed by atoms with Gasteiger partial charge in [0.1, 0.15) is 11.8 Å². The summed E-state index contributed by atoms with van der Waals surface area (Å²) >= 11 is 0. The van der Waals surface area contributed by atoms with E-state index in [-0.39, 0.29) is 12.5 Å². The summed E-state index contributed by atoms with van der Waals surface area (Å²) in [7, 11) is 3.17. The third-order valence-electron chi connectivity index (χ3n) is 3.53. The summed E-state index contributed by atoms with van der Waals surface area (Å²) in [5.74, 6) is 1.81. The molecular weight excluding hydrogens is 320 g/mol. The van der Waals surface area contributed by atoms with E-state index in [1.165, 1.54) is 0 Å². The number of rotatable bonds is 8. The number of benzene rings is 2. The second-order valence-electron chi connectivity index (χ2n) is 5.21. The molecule has 0 radical (unpaired) electrons. The van der Waals surface area contributed by atoms with E-state index >= 15 is 0 Å². The third-order valence-corrected chi connectivity index (χ3v) is 3.53. The van der Waals surface area contributed by atoms with E-state index in [9.17, 15) is 4.79 Å². The molecule has 0 unspecified atom stereocenters. The first-order valence-electron chi connectivity index (χ1n) is 7.77. The smallest absolute Gasteiger partial charge is 0.224 e. The Kier molecular flexibility index (Phi) is 6.66. The summed E-state index contributed by atoms with van der Waals surface area (Å²) in [6.07, 6.45) is 0.942. The van der Waals surface area contributed by atoms with Gasteiger partial charge in [0, 0.05) is 12.1 Å². The molecule has 1 N–H and O–H groups in total. The quantitative estimate of drug-likeness (QED) is 0.798. The normalized spacial score (nSPS) is 9.80. The number of nitrogens with zero attached hydrogens (tertiary/aromatic N) is 1. The number of nitriles is 1. The van der Waals surface area contributed by atoms with Gasteiger partial charge in [0.2, 0.25) is 5.91 Å². The number of ether oxygens (including phenoxy) is 3. The maximum atomic E-state index is 12.1.